The van der Waals surface area contributed by atoms with Crippen LogP contribution in [-0.2, 0) is 10.0 Å². The maximum absolute atomic E-state index is 11.9. The van der Waals surface area contributed by atoms with Crippen LogP contribution in [0.2, 0.25) is 0 Å². The second-order valence-electron chi connectivity index (χ2n) is 4.91. The molecule has 0 saturated heterocycles. The molecule has 0 aromatic carbocycles. The zero-order valence-electron chi connectivity index (χ0n) is 9.94. The molecule has 0 bridgehead atoms. The summed E-state index contributed by atoms with van der Waals surface area (Å²) in [6.45, 7) is 7.32. The molecule has 0 radical (unpaired) electrons. The van der Waals surface area contributed by atoms with Crippen molar-refractivity contribution in [1.29, 1.82) is 0 Å². The zero-order chi connectivity index (χ0) is 12.4. The largest absolute Gasteiger partial charge is 0.392 e. The minimum Gasteiger partial charge on any atom is -0.392 e. The molecule has 0 aromatic heterocycles. The third-order valence-corrected chi connectivity index (χ3v) is 4.78. The normalized spacial score (nSPS) is 15.3. The molecular formula is C9H20N2O2S2. The van der Waals surface area contributed by atoms with E-state index in [-0.39, 0.29) is 16.2 Å². The van der Waals surface area contributed by atoms with Crippen molar-refractivity contribution < 1.29 is 8.42 Å². The lowest BCUT2D eigenvalue weighted by molar-refractivity contribution is 0.412. The molecule has 0 aliphatic heterocycles. The highest BCUT2D eigenvalue weighted by Gasteiger charge is 2.29. The van der Waals surface area contributed by atoms with Crippen LogP contribution in [-0.4, -0.2) is 36.6 Å². The van der Waals surface area contributed by atoms with E-state index in [4.69, 9.17) is 18.0 Å². The van der Waals surface area contributed by atoms with Gasteiger partial charge in [0.2, 0.25) is 10.0 Å². The summed E-state index contributed by atoms with van der Waals surface area (Å²) in [4.78, 5) is 0.190. The van der Waals surface area contributed by atoms with E-state index in [1.54, 1.807) is 6.92 Å². The van der Waals surface area contributed by atoms with Gasteiger partial charge in [0.15, 0.2) is 0 Å². The molecule has 90 valence electrons. The topological polar surface area (TPSA) is 63.4 Å². The van der Waals surface area contributed by atoms with Crippen LogP contribution in [0, 0.1) is 5.41 Å². The molecule has 0 rings (SSSR count). The van der Waals surface area contributed by atoms with Gasteiger partial charge in [0.05, 0.1) is 16.8 Å². The standard InChI is InChI=1S/C9H20N2O2S2/c1-7(8(10)14)11(5)15(12,13)6-9(2,3)4/h7H,6H2,1-5H3,(H2,10,14). The summed E-state index contributed by atoms with van der Waals surface area (Å²) in [6.07, 6.45) is 0. The Labute approximate surface area is 97.9 Å². The van der Waals surface area contributed by atoms with E-state index in [0.717, 1.165) is 0 Å². The molecule has 15 heavy (non-hydrogen) atoms. The maximum Gasteiger partial charge on any atom is 0.214 e. The van der Waals surface area contributed by atoms with Crippen molar-refractivity contribution in [2.45, 2.75) is 33.7 Å². The van der Waals surface area contributed by atoms with Gasteiger partial charge in [-0.15, -0.1) is 0 Å². The molecule has 0 aliphatic rings. The number of hydrogen-bond acceptors (Lipinski definition) is 3. The van der Waals surface area contributed by atoms with E-state index in [1.807, 2.05) is 20.8 Å². The van der Waals surface area contributed by atoms with Crippen molar-refractivity contribution in [3.63, 3.8) is 0 Å². The van der Waals surface area contributed by atoms with Gasteiger partial charge in [-0.25, -0.2) is 8.42 Å². The molecule has 4 nitrogen and oxygen atoms in total. The fourth-order valence-electron chi connectivity index (χ4n) is 1.07. The van der Waals surface area contributed by atoms with Crippen molar-refractivity contribution in [1.82, 2.24) is 4.31 Å². The summed E-state index contributed by atoms with van der Waals surface area (Å²) in [5.74, 6) is 0.0868. The first kappa shape index (κ1) is 14.8. The lowest BCUT2D eigenvalue weighted by Crippen LogP contribution is -2.45. The molecule has 0 aromatic rings. The molecule has 0 heterocycles. The molecule has 0 fully saturated rings. The summed E-state index contributed by atoms with van der Waals surface area (Å²) < 4.78 is 25.0. The first-order valence-corrected chi connectivity index (χ1v) is 6.74. The van der Waals surface area contributed by atoms with E-state index in [0.29, 0.717) is 0 Å². The summed E-state index contributed by atoms with van der Waals surface area (Å²) in [5, 5.41) is 0. The molecule has 1 unspecified atom stereocenters. The fourth-order valence-corrected chi connectivity index (χ4v) is 3.19. The molecule has 2 N–H and O–H groups in total. The molecule has 0 aliphatic carbocycles. The highest BCUT2D eigenvalue weighted by atomic mass is 32.2. The number of sulfonamides is 1. The van der Waals surface area contributed by atoms with Crippen LogP contribution in [0.5, 0.6) is 0 Å². The average molecular weight is 252 g/mol. The molecule has 0 amide bonds. The van der Waals surface area contributed by atoms with Crippen LogP contribution in [0.3, 0.4) is 0 Å². The van der Waals surface area contributed by atoms with E-state index >= 15 is 0 Å². The predicted molar refractivity (Wildman–Crippen MR) is 67.3 cm³/mol. The first-order chi connectivity index (χ1) is 6.47. The second-order valence-corrected chi connectivity index (χ2v) is 7.41. The van der Waals surface area contributed by atoms with Crippen molar-refractivity contribution in [2.75, 3.05) is 12.8 Å². The van der Waals surface area contributed by atoms with Crippen LogP contribution < -0.4 is 5.73 Å². The quantitative estimate of drug-likeness (QED) is 0.757. The summed E-state index contributed by atoms with van der Waals surface area (Å²) in [7, 11) is -1.79. The Morgan fingerprint density at radius 2 is 1.87 bits per heavy atom. The van der Waals surface area contributed by atoms with E-state index in [1.165, 1.54) is 11.4 Å². The summed E-state index contributed by atoms with van der Waals surface area (Å²) in [5.41, 5.74) is 5.15. The van der Waals surface area contributed by atoms with Crippen molar-refractivity contribution in [2.24, 2.45) is 11.1 Å². The Balaban J connectivity index is 4.83. The van der Waals surface area contributed by atoms with Gasteiger partial charge in [0.25, 0.3) is 0 Å². The lowest BCUT2D eigenvalue weighted by atomic mass is 10.0. The third kappa shape index (κ3) is 4.90. The third-order valence-electron chi connectivity index (χ3n) is 2.01. The van der Waals surface area contributed by atoms with Gasteiger partial charge in [-0.3, -0.25) is 0 Å². The fraction of sp³-hybridized carbons (Fsp3) is 0.889. The number of nitrogens with two attached hydrogens (primary N) is 1. The van der Waals surface area contributed by atoms with Gasteiger partial charge in [-0.05, 0) is 12.3 Å². The van der Waals surface area contributed by atoms with E-state index in [9.17, 15) is 8.42 Å². The number of hydrogen-bond donors (Lipinski definition) is 1. The van der Waals surface area contributed by atoms with Crippen LogP contribution >= 0.6 is 12.2 Å². The second kappa shape index (κ2) is 4.76. The van der Waals surface area contributed by atoms with Crippen LogP contribution in [0.15, 0.2) is 0 Å². The molecule has 1 atom stereocenters. The number of rotatable bonds is 4. The monoisotopic (exact) mass is 252 g/mol. The average Bonchev–Trinajstić information content (AvgIpc) is 1.96. The Hall–Kier alpha value is -0.200. The predicted octanol–water partition coefficient (Wildman–Crippen LogP) is 0.969. The van der Waals surface area contributed by atoms with Gasteiger partial charge in [-0.2, -0.15) is 4.31 Å². The van der Waals surface area contributed by atoms with Crippen LogP contribution in [0.25, 0.3) is 0 Å². The molecular weight excluding hydrogens is 232 g/mol. The van der Waals surface area contributed by atoms with Crippen LogP contribution in [0.4, 0.5) is 0 Å². The maximum atomic E-state index is 11.9. The van der Waals surface area contributed by atoms with Crippen molar-refractivity contribution >= 4 is 27.2 Å². The number of thiocarbonyl (C=S) groups is 1. The van der Waals surface area contributed by atoms with E-state index < -0.39 is 16.1 Å². The Morgan fingerprint density at radius 1 is 1.47 bits per heavy atom. The van der Waals surface area contributed by atoms with Gasteiger partial charge < -0.3 is 5.73 Å². The molecule has 0 spiro atoms. The summed E-state index contributed by atoms with van der Waals surface area (Å²) >= 11 is 4.78. The van der Waals surface area contributed by atoms with Gasteiger partial charge >= 0.3 is 0 Å². The minimum atomic E-state index is -3.30. The van der Waals surface area contributed by atoms with Crippen LogP contribution in [0.1, 0.15) is 27.7 Å². The molecule has 0 saturated carbocycles. The Morgan fingerprint density at radius 3 is 2.13 bits per heavy atom. The molecule has 6 heteroatoms. The van der Waals surface area contributed by atoms with E-state index in [2.05, 4.69) is 0 Å². The summed E-state index contributed by atoms with van der Waals surface area (Å²) in [6, 6.07) is -0.438. The highest BCUT2D eigenvalue weighted by molar-refractivity contribution is 7.89. The van der Waals surface area contributed by atoms with Crippen molar-refractivity contribution in [3.05, 3.63) is 0 Å². The Kier molecular flexibility index (Phi) is 4.69. The van der Waals surface area contributed by atoms with Gasteiger partial charge in [-0.1, -0.05) is 33.0 Å². The SMILES string of the molecule is CC(C(N)=S)N(C)S(=O)(=O)CC(C)(C)C. The van der Waals surface area contributed by atoms with Gasteiger partial charge in [0, 0.05) is 7.05 Å². The first-order valence-electron chi connectivity index (χ1n) is 4.72. The highest BCUT2D eigenvalue weighted by Crippen LogP contribution is 2.19. The minimum absolute atomic E-state index is 0.0868. The van der Waals surface area contributed by atoms with Crippen molar-refractivity contribution in [3.8, 4) is 0 Å². The number of nitrogens with zero attached hydrogens (tertiary/aromatic N) is 1. The smallest absolute Gasteiger partial charge is 0.214 e. The van der Waals surface area contributed by atoms with Gasteiger partial charge in [0.1, 0.15) is 0 Å². The zero-order valence-corrected chi connectivity index (χ0v) is 11.6. The Bertz CT molecular complexity index is 331. The number of likely N-dealkylation sites (N-methyl/N-ethyl adjacent to an activating group) is 1. The lowest BCUT2D eigenvalue weighted by Gasteiger charge is -2.27.